The highest BCUT2D eigenvalue weighted by atomic mass is 16.6. The normalized spacial score (nSPS) is 36.5. The maximum absolute atomic E-state index is 13.3. The summed E-state index contributed by atoms with van der Waals surface area (Å²) in [5.74, 6) is 2.41. The molecule has 156 valence electrons. The molecule has 4 aliphatic carbocycles. The number of hydrogen-bond acceptors (Lipinski definition) is 2. The Labute approximate surface area is 180 Å². The Bertz CT molecular complexity index is 984. The average molecular weight is 401 g/mol. The maximum atomic E-state index is 13.3. The number of esters is 1. The number of fused-ring (bicyclic) bond motifs is 1. The Morgan fingerprint density at radius 3 is 2.23 bits per heavy atom. The number of carbonyl (C=O) groups is 1. The topological polar surface area (TPSA) is 26.3 Å². The molecule has 1 heterocycles. The lowest BCUT2D eigenvalue weighted by molar-refractivity contribution is -0.183. The van der Waals surface area contributed by atoms with Crippen molar-refractivity contribution in [2.24, 2.45) is 23.2 Å². The third-order valence-corrected chi connectivity index (χ3v) is 8.82. The van der Waals surface area contributed by atoms with E-state index in [1.54, 1.807) is 0 Å². The zero-order chi connectivity index (χ0) is 20.5. The van der Waals surface area contributed by atoms with E-state index in [1.807, 2.05) is 12.1 Å². The predicted octanol–water partition coefficient (Wildman–Crippen LogP) is 6.21. The minimum absolute atomic E-state index is 0.0975. The van der Waals surface area contributed by atoms with E-state index >= 15 is 0 Å². The largest absolute Gasteiger partial charge is 0.454 e. The summed E-state index contributed by atoms with van der Waals surface area (Å²) in [6, 6.07) is 15.1. The number of aryl methyl sites for hydroxylation is 2. The summed E-state index contributed by atoms with van der Waals surface area (Å²) in [7, 11) is 0. The van der Waals surface area contributed by atoms with Crippen molar-refractivity contribution >= 4 is 5.97 Å². The molecule has 5 aliphatic rings. The summed E-state index contributed by atoms with van der Waals surface area (Å²) >= 11 is 0. The second-order valence-electron chi connectivity index (χ2n) is 11.1. The molecule has 0 unspecified atom stereocenters. The van der Waals surface area contributed by atoms with Gasteiger partial charge in [-0.3, -0.25) is 0 Å². The van der Waals surface area contributed by atoms with E-state index in [2.05, 4.69) is 44.2 Å². The second kappa shape index (κ2) is 6.45. The lowest BCUT2D eigenvalue weighted by atomic mass is 9.44. The van der Waals surface area contributed by atoms with Crippen molar-refractivity contribution in [2.75, 3.05) is 0 Å². The van der Waals surface area contributed by atoms with Crippen molar-refractivity contribution in [1.29, 1.82) is 0 Å². The highest BCUT2D eigenvalue weighted by Gasteiger charge is 2.63. The smallest absolute Gasteiger partial charge is 0.339 e. The number of benzene rings is 2. The lowest BCUT2D eigenvalue weighted by Crippen LogP contribution is -2.63. The first kappa shape index (κ1) is 18.7. The van der Waals surface area contributed by atoms with Crippen LogP contribution in [0.5, 0.6) is 0 Å². The predicted molar refractivity (Wildman–Crippen MR) is 119 cm³/mol. The molecule has 4 saturated carbocycles. The number of cyclic esters (lactones) is 1. The van der Waals surface area contributed by atoms with Crippen molar-refractivity contribution in [3.05, 3.63) is 70.3 Å². The summed E-state index contributed by atoms with van der Waals surface area (Å²) in [4.78, 5) is 13.3. The maximum Gasteiger partial charge on any atom is 0.339 e. The molecular weight excluding hydrogens is 368 g/mol. The Morgan fingerprint density at radius 1 is 0.900 bits per heavy atom. The molecule has 2 aromatic carbocycles. The summed E-state index contributed by atoms with van der Waals surface area (Å²) < 4.78 is 6.63. The molecule has 7 rings (SSSR count). The van der Waals surface area contributed by atoms with Gasteiger partial charge in [-0.2, -0.15) is 0 Å². The van der Waals surface area contributed by atoms with Gasteiger partial charge in [0.25, 0.3) is 0 Å². The molecule has 1 atom stereocenters. The van der Waals surface area contributed by atoms with Crippen LogP contribution in [0.4, 0.5) is 0 Å². The molecule has 4 bridgehead atoms. The zero-order valence-corrected chi connectivity index (χ0v) is 18.2. The Balaban J connectivity index is 1.49. The fraction of sp³-hybridized carbons (Fsp3) is 0.536. The van der Waals surface area contributed by atoms with Crippen LogP contribution in [0.1, 0.15) is 71.1 Å². The fourth-order valence-electron chi connectivity index (χ4n) is 8.05. The number of rotatable bonds is 3. The number of carbonyl (C=O) groups excluding carboxylic acids is 1. The van der Waals surface area contributed by atoms with Crippen LogP contribution in [0, 0.1) is 37.0 Å². The number of hydrogen-bond donors (Lipinski definition) is 0. The minimum Gasteiger partial charge on any atom is -0.454 e. The van der Waals surface area contributed by atoms with E-state index in [0.29, 0.717) is 0 Å². The first-order chi connectivity index (χ1) is 14.4. The Kier molecular flexibility index (Phi) is 4.01. The third-order valence-electron chi connectivity index (χ3n) is 8.82. The first-order valence-corrected chi connectivity index (χ1v) is 11.8. The fourth-order valence-corrected chi connectivity index (χ4v) is 8.05. The molecule has 0 amide bonds. The second-order valence-corrected chi connectivity index (χ2v) is 11.1. The van der Waals surface area contributed by atoms with Gasteiger partial charge in [0.1, 0.15) is 5.60 Å². The van der Waals surface area contributed by atoms with Crippen LogP contribution in [-0.2, 0) is 17.6 Å². The van der Waals surface area contributed by atoms with Gasteiger partial charge in [-0.25, -0.2) is 4.79 Å². The molecule has 0 spiro atoms. The number of ether oxygens (including phenoxy) is 1. The van der Waals surface area contributed by atoms with Crippen LogP contribution >= 0.6 is 0 Å². The van der Waals surface area contributed by atoms with E-state index in [4.69, 9.17) is 4.74 Å². The summed E-state index contributed by atoms with van der Waals surface area (Å²) in [6.07, 6.45) is 9.68. The molecule has 4 fully saturated rings. The molecule has 0 radical (unpaired) electrons. The van der Waals surface area contributed by atoms with Crippen molar-refractivity contribution < 1.29 is 9.53 Å². The average Bonchev–Trinajstić information content (AvgIpc) is 2.66. The van der Waals surface area contributed by atoms with Gasteiger partial charge in [0, 0.05) is 18.3 Å². The molecule has 2 aromatic rings. The molecule has 2 heteroatoms. The first-order valence-electron chi connectivity index (χ1n) is 11.8. The van der Waals surface area contributed by atoms with E-state index in [0.717, 1.165) is 36.2 Å². The highest BCUT2D eigenvalue weighted by Crippen LogP contribution is 2.66. The molecular formula is C28H32O2. The molecule has 0 aromatic heterocycles. The molecule has 30 heavy (non-hydrogen) atoms. The van der Waals surface area contributed by atoms with Gasteiger partial charge in [0.2, 0.25) is 0 Å². The van der Waals surface area contributed by atoms with E-state index < -0.39 is 5.60 Å². The van der Waals surface area contributed by atoms with Gasteiger partial charge < -0.3 is 4.74 Å². The molecule has 0 N–H and O–H groups in total. The van der Waals surface area contributed by atoms with E-state index in [1.165, 1.54) is 60.8 Å². The molecule has 0 saturated heterocycles. The van der Waals surface area contributed by atoms with Crippen molar-refractivity contribution in [3.8, 4) is 0 Å². The third kappa shape index (κ3) is 2.79. The van der Waals surface area contributed by atoms with Crippen molar-refractivity contribution in [2.45, 2.75) is 70.8 Å². The van der Waals surface area contributed by atoms with Crippen LogP contribution in [0.25, 0.3) is 0 Å². The quantitative estimate of drug-likeness (QED) is 0.572. The van der Waals surface area contributed by atoms with Crippen LogP contribution < -0.4 is 0 Å². The van der Waals surface area contributed by atoms with Crippen LogP contribution in [0.15, 0.2) is 42.5 Å². The monoisotopic (exact) mass is 400 g/mol. The van der Waals surface area contributed by atoms with Gasteiger partial charge >= 0.3 is 5.97 Å². The standard InChI is InChI=1S/C28H32O2/c1-18-4-3-5-20(8-18)16-28(17-24-9-19(2)6-7-25(24)26(29)30-28)27-13-21-10-22(14-27)12-23(11-21)15-27/h3-9,21-23H,10-17H2,1-2H3/t21?,22?,23?,27?,28-/m0/s1. The summed E-state index contributed by atoms with van der Waals surface area (Å²) in [6.45, 7) is 4.29. The van der Waals surface area contributed by atoms with Gasteiger partial charge in [0.05, 0.1) is 5.56 Å². The zero-order valence-electron chi connectivity index (χ0n) is 18.2. The van der Waals surface area contributed by atoms with Gasteiger partial charge in [-0.05, 0) is 87.3 Å². The van der Waals surface area contributed by atoms with Crippen LogP contribution in [-0.4, -0.2) is 11.6 Å². The highest BCUT2D eigenvalue weighted by molar-refractivity contribution is 5.92. The van der Waals surface area contributed by atoms with Gasteiger partial charge in [0.15, 0.2) is 0 Å². The van der Waals surface area contributed by atoms with Crippen molar-refractivity contribution in [3.63, 3.8) is 0 Å². The van der Waals surface area contributed by atoms with Gasteiger partial charge in [-0.1, -0.05) is 47.5 Å². The Hall–Kier alpha value is -2.09. The van der Waals surface area contributed by atoms with E-state index in [9.17, 15) is 4.79 Å². The van der Waals surface area contributed by atoms with Crippen molar-refractivity contribution in [1.82, 2.24) is 0 Å². The Morgan fingerprint density at radius 2 is 1.57 bits per heavy atom. The van der Waals surface area contributed by atoms with Crippen LogP contribution in [0.3, 0.4) is 0 Å². The minimum atomic E-state index is -0.408. The SMILES string of the molecule is Cc1cccc(C[C@@]2(C34CC5CC(CC(C5)C3)C4)Cc3cc(C)ccc3C(=O)O2)c1. The summed E-state index contributed by atoms with van der Waals surface area (Å²) in [5, 5.41) is 0. The molecule has 1 aliphatic heterocycles. The lowest BCUT2D eigenvalue weighted by Gasteiger charge is -2.63. The molecule has 2 nitrogen and oxygen atoms in total. The van der Waals surface area contributed by atoms with E-state index in [-0.39, 0.29) is 11.4 Å². The summed E-state index contributed by atoms with van der Waals surface area (Å²) in [5.41, 5.74) is 5.55. The van der Waals surface area contributed by atoms with Gasteiger partial charge in [-0.15, -0.1) is 0 Å². The van der Waals surface area contributed by atoms with Crippen LogP contribution in [0.2, 0.25) is 0 Å².